The standard InChI is InChI=1S/C14H18N4.C11H16N2O/c1-9-10(2)18-14-13(17-9)12(15-8-16-14)11-6-4-3-5-7-11;1-2-6-14-11(3-1)9-7-12-13(8-9)10-4-5-10/h8,11H,3-7H2,1-2H3;7-8,10-11H,1-6H2. The second kappa shape index (κ2) is 9.61. The van der Waals surface area contributed by atoms with Gasteiger partial charge >= 0.3 is 0 Å². The van der Waals surface area contributed by atoms with E-state index < -0.39 is 0 Å². The third-order valence-electron chi connectivity index (χ3n) is 6.99. The van der Waals surface area contributed by atoms with Gasteiger partial charge in [0.1, 0.15) is 11.8 Å². The van der Waals surface area contributed by atoms with Gasteiger partial charge in [-0.25, -0.2) is 19.9 Å². The third-order valence-corrected chi connectivity index (χ3v) is 6.99. The van der Waals surface area contributed by atoms with Crippen molar-refractivity contribution < 1.29 is 4.74 Å². The molecule has 0 spiro atoms. The van der Waals surface area contributed by atoms with Crippen LogP contribution >= 0.6 is 0 Å². The summed E-state index contributed by atoms with van der Waals surface area (Å²) in [5.41, 5.74) is 5.97. The van der Waals surface area contributed by atoms with Crippen LogP contribution < -0.4 is 0 Å². The highest BCUT2D eigenvalue weighted by atomic mass is 16.5. The van der Waals surface area contributed by atoms with E-state index in [0.717, 1.165) is 41.3 Å². The van der Waals surface area contributed by atoms with Gasteiger partial charge in [0.05, 0.1) is 35.4 Å². The van der Waals surface area contributed by atoms with E-state index in [0.29, 0.717) is 18.1 Å². The predicted molar refractivity (Wildman–Crippen MR) is 123 cm³/mol. The van der Waals surface area contributed by atoms with Crippen LogP contribution in [0.5, 0.6) is 0 Å². The summed E-state index contributed by atoms with van der Waals surface area (Å²) in [5.74, 6) is 0.542. The van der Waals surface area contributed by atoms with Crippen molar-refractivity contribution in [3.05, 3.63) is 41.4 Å². The van der Waals surface area contributed by atoms with Gasteiger partial charge < -0.3 is 4.74 Å². The SMILES string of the molecule is Cc1nc2ncnc(C3CCCCC3)c2nc1C.c1nn(C2CC2)cc1C1CCCCO1. The quantitative estimate of drug-likeness (QED) is 0.538. The maximum atomic E-state index is 5.72. The second-order valence-corrected chi connectivity index (χ2v) is 9.50. The Balaban J connectivity index is 0.000000139. The van der Waals surface area contributed by atoms with Crippen LogP contribution in [0.15, 0.2) is 18.7 Å². The molecule has 3 fully saturated rings. The Bertz CT molecular complexity index is 1050. The van der Waals surface area contributed by atoms with E-state index in [4.69, 9.17) is 4.74 Å². The van der Waals surface area contributed by atoms with Gasteiger partial charge in [0.15, 0.2) is 5.65 Å². The molecule has 1 unspecified atom stereocenters. The van der Waals surface area contributed by atoms with Crippen molar-refractivity contribution in [2.45, 2.75) is 96.1 Å². The minimum absolute atomic E-state index is 0.316. The molecule has 1 aliphatic heterocycles. The minimum atomic E-state index is 0.316. The highest BCUT2D eigenvalue weighted by Gasteiger charge is 2.26. The van der Waals surface area contributed by atoms with Crippen LogP contribution in [0.1, 0.15) is 105 Å². The number of ether oxygens (including phenoxy) is 1. The molecule has 0 radical (unpaired) electrons. The van der Waals surface area contributed by atoms with Gasteiger partial charge in [-0.1, -0.05) is 19.3 Å². The molecule has 32 heavy (non-hydrogen) atoms. The van der Waals surface area contributed by atoms with Crippen molar-refractivity contribution in [2.75, 3.05) is 6.61 Å². The van der Waals surface area contributed by atoms with Gasteiger partial charge in [0.25, 0.3) is 0 Å². The lowest BCUT2D eigenvalue weighted by molar-refractivity contribution is 0.0149. The van der Waals surface area contributed by atoms with Gasteiger partial charge in [-0.05, 0) is 58.8 Å². The monoisotopic (exact) mass is 434 g/mol. The molecule has 1 atom stereocenters. The first-order valence-electron chi connectivity index (χ1n) is 12.3. The molecule has 7 nitrogen and oxygen atoms in total. The summed E-state index contributed by atoms with van der Waals surface area (Å²) >= 11 is 0. The highest BCUT2D eigenvalue weighted by Crippen LogP contribution is 2.36. The third kappa shape index (κ3) is 4.82. The van der Waals surface area contributed by atoms with E-state index in [1.165, 1.54) is 63.4 Å². The zero-order chi connectivity index (χ0) is 21.9. The largest absolute Gasteiger partial charge is 0.373 e. The number of aryl methyl sites for hydroxylation is 2. The molecule has 2 saturated carbocycles. The average molecular weight is 435 g/mol. The van der Waals surface area contributed by atoms with E-state index in [1.807, 2.05) is 20.0 Å². The van der Waals surface area contributed by atoms with E-state index >= 15 is 0 Å². The van der Waals surface area contributed by atoms with Crippen LogP contribution in [0.2, 0.25) is 0 Å². The Morgan fingerprint density at radius 3 is 2.41 bits per heavy atom. The Morgan fingerprint density at radius 1 is 0.875 bits per heavy atom. The number of hydrogen-bond acceptors (Lipinski definition) is 6. The molecule has 1 saturated heterocycles. The molecule has 0 bridgehead atoms. The fraction of sp³-hybridized carbons (Fsp3) is 0.640. The molecule has 4 heterocycles. The van der Waals surface area contributed by atoms with Gasteiger partial charge in [-0.15, -0.1) is 0 Å². The summed E-state index contributed by atoms with van der Waals surface area (Å²) in [6.07, 6.45) is 18.8. The van der Waals surface area contributed by atoms with Crippen molar-refractivity contribution in [1.82, 2.24) is 29.7 Å². The summed E-state index contributed by atoms with van der Waals surface area (Å²) in [4.78, 5) is 17.9. The summed E-state index contributed by atoms with van der Waals surface area (Å²) < 4.78 is 7.83. The van der Waals surface area contributed by atoms with Gasteiger partial charge in [-0.2, -0.15) is 5.10 Å². The molecular weight excluding hydrogens is 400 g/mol. The molecule has 3 aliphatic rings. The molecule has 0 amide bonds. The minimum Gasteiger partial charge on any atom is -0.373 e. The Morgan fingerprint density at radius 2 is 1.66 bits per heavy atom. The molecule has 6 rings (SSSR count). The van der Waals surface area contributed by atoms with Gasteiger partial charge in [0, 0.05) is 24.3 Å². The van der Waals surface area contributed by atoms with Crippen LogP contribution in [0.3, 0.4) is 0 Å². The molecule has 0 aromatic carbocycles. The Labute approximate surface area is 190 Å². The number of rotatable bonds is 3. The summed E-state index contributed by atoms with van der Waals surface area (Å²) in [6, 6.07) is 0.687. The molecule has 3 aromatic heterocycles. The van der Waals surface area contributed by atoms with Crippen molar-refractivity contribution in [3.63, 3.8) is 0 Å². The van der Waals surface area contributed by atoms with E-state index in [9.17, 15) is 0 Å². The van der Waals surface area contributed by atoms with Crippen LogP contribution in [0.4, 0.5) is 0 Å². The van der Waals surface area contributed by atoms with Crippen molar-refractivity contribution >= 4 is 11.2 Å². The Kier molecular flexibility index (Phi) is 6.44. The first-order valence-corrected chi connectivity index (χ1v) is 12.3. The van der Waals surface area contributed by atoms with Crippen LogP contribution in [-0.2, 0) is 4.74 Å². The second-order valence-electron chi connectivity index (χ2n) is 9.50. The smallest absolute Gasteiger partial charge is 0.181 e. The molecular formula is C25H34N6O. The topological polar surface area (TPSA) is 78.6 Å². The molecule has 170 valence electrons. The van der Waals surface area contributed by atoms with Crippen LogP contribution in [0.25, 0.3) is 11.2 Å². The number of aromatic nitrogens is 6. The van der Waals surface area contributed by atoms with E-state index in [1.54, 1.807) is 6.33 Å². The zero-order valence-electron chi connectivity index (χ0n) is 19.3. The molecule has 2 aliphatic carbocycles. The maximum absolute atomic E-state index is 5.72. The fourth-order valence-corrected chi connectivity index (χ4v) is 4.80. The van der Waals surface area contributed by atoms with Gasteiger partial charge in [0.2, 0.25) is 0 Å². The van der Waals surface area contributed by atoms with E-state index in [2.05, 4.69) is 35.9 Å². The summed E-state index contributed by atoms with van der Waals surface area (Å²) in [5, 5.41) is 4.39. The van der Waals surface area contributed by atoms with Crippen molar-refractivity contribution in [3.8, 4) is 0 Å². The number of hydrogen-bond donors (Lipinski definition) is 0. The molecule has 7 heteroatoms. The average Bonchev–Trinajstić information content (AvgIpc) is 3.57. The predicted octanol–water partition coefficient (Wildman–Crippen LogP) is 5.54. The van der Waals surface area contributed by atoms with Crippen LogP contribution in [-0.4, -0.2) is 36.3 Å². The normalized spacial score (nSPS) is 21.9. The van der Waals surface area contributed by atoms with E-state index in [-0.39, 0.29) is 0 Å². The lowest BCUT2D eigenvalue weighted by Crippen LogP contribution is -2.10. The Hall–Kier alpha value is -2.41. The number of fused-ring (bicyclic) bond motifs is 1. The fourth-order valence-electron chi connectivity index (χ4n) is 4.80. The van der Waals surface area contributed by atoms with Crippen molar-refractivity contribution in [2.24, 2.45) is 0 Å². The highest BCUT2D eigenvalue weighted by molar-refractivity contribution is 5.73. The van der Waals surface area contributed by atoms with Crippen molar-refractivity contribution in [1.29, 1.82) is 0 Å². The van der Waals surface area contributed by atoms with Gasteiger partial charge in [-0.3, -0.25) is 4.68 Å². The first kappa shape index (κ1) is 21.4. The lowest BCUT2D eigenvalue weighted by Gasteiger charge is -2.21. The molecule has 0 N–H and O–H groups in total. The maximum Gasteiger partial charge on any atom is 0.181 e. The molecule has 3 aromatic rings. The zero-order valence-corrected chi connectivity index (χ0v) is 19.3. The summed E-state index contributed by atoms with van der Waals surface area (Å²) in [6.45, 7) is 4.89. The summed E-state index contributed by atoms with van der Waals surface area (Å²) in [7, 11) is 0. The first-order chi connectivity index (χ1) is 15.7. The number of nitrogens with zero attached hydrogens (tertiary/aromatic N) is 6. The lowest BCUT2D eigenvalue weighted by atomic mass is 9.86. The van der Waals surface area contributed by atoms with Crippen LogP contribution in [0, 0.1) is 13.8 Å².